The van der Waals surface area contributed by atoms with Crippen molar-refractivity contribution in [3.8, 4) is 0 Å². The Morgan fingerprint density at radius 2 is 2.00 bits per heavy atom. The lowest BCUT2D eigenvalue weighted by molar-refractivity contribution is 1.33. The maximum atomic E-state index is 3.05. The number of hydrogen-bond donors (Lipinski definition) is 0. The molecule has 1 aliphatic carbocycles. The van der Waals surface area contributed by atoms with Crippen molar-refractivity contribution in [2.75, 3.05) is 0 Å². The minimum absolute atomic E-state index is 1.07. The lowest BCUT2D eigenvalue weighted by Gasteiger charge is -1.84. The normalized spacial score (nSPS) is 16.4. The van der Waals surface area contributed by atoms with Crippen LogP contribution in [0.4, 0.5) is 0 Å². The standard InChI is InChI=1S/C8H9/c1-2-8-6-4-3-5-7-8/h4-7H,3H2,1H3/q+1. The molecule has 0 heteroatoms. The summed E-state index contributed by atoms with van der Waals surface area (Å²) in [6.45, 7) is 1.93. The molecule has 8 heavy (non-hydrogen) atoms. The second-order valence-corrected chi connectivity index (χ2v) is 1.75. The molecule has 0 aliphatic heterocycles. The molecule has 0 aromatic rings. The predicted octanol–water partition coefficient (Wildman–Crippen LogP) is 2.25. The monoisotopic (exact) mass is 105 g/mol. The molecule has 0 heterocycles. The highest BCUT2D eigenvalue weighted by Crippen LogP contribution is 2.05. The molecule has 1 rings (SSSR count). The van der Waals surface area contributed by atoms with E-state index in [1.165, 1.54) is 5.57 Å². The average molecular weight is 105 g/mol. The SMILES string of the molecule is C[C+]=C1C=CCC=C1. The largest absolute Gasteiger partial charge is 0.182 e. The van der Waals surface area contributed by atoms with Gasteiger partial charge in [-0.05, 0) is 12.2 Å². The first-order valence-electron chi connectivity index (χ1n) is 2.81. The van der Waals surface area contributed by atoms with E-state index in [-0.39, 0.29) is 0 Å². The molecular weight excluding hydrogens is 96.1 g/mol. The first kappa shape index (κ1) is 5.27. The molecule has 0 aromatic carbocycles. The van der Waals surface area contributed by atoms with E-state index in [0.29, 0.717) is 0 Å². The molecule has 0 fully saturated rings. The Morgan fingerprint density at radius 1 is 1.38 bits per heavy atom. The number of rotatable bonds is 0. The Morgan fingerprint density at radius 3 is 2.38 bits per heavy atom. The number of allylic oxidation sites excluding steroid dienone is 6. The van der Waals surface area contributed by atoms with E-state index >= 15 is 0 Å². The molecule has 0 spiro atoms. The molecule has 0 nitrogen and oxygen atoms in total. The lowest BCUT2D eigenvalue weighted by atomic mass is 10.1. The van der Waals surface area contributed by atoms with Crippen LogP contribution in [0.15, 0.2) is 29.9 Å². The zero-order valence-corrected chi connectivity index (χ0v) is 5.02. The van der Waals surface area contributed by atoms with Gasteiger partial charge in [0.15, 0.2) is 5.57 Å². The summed E-state index contributed by atoms with van der Waals surface area (Å²) in [5, 5.41) is 0. The van der Waals surface area contributed by atoms with Gasteiger partial charge in [-0.25, -0.2) is 0 Å². The fourth-order valence-corrected chi connectivity index (χ4v) is 0.691. The topological polar surface area (TPSA) is 0 Å². The first-order valence-corrected chi connectivity index (χ1v) is 2.81. The molecule has 0 radical (unpaired) electrons. The summed E-state index contributed by atoms with van der Waals surface area (Å²) in [4.78, 5) is 0. The highest BCUT2D eigenvalue weighted by atomic mass is 13.9. The van der Waals surface area contributed by atoms with Gasteiger partial charge in [0.1, 0.15) is 0 Å². The second kappa shape index (κ2) is 2.44. The van der Waals surface area contributed by atoms with Crippen LogP contribution < -0.4 is 0 Å². The van der Waals surface area contributed by atoms with Gasteiger partial charge in [0.05, 0.1) is 12.2 Å². The molecule has 0 aromatic heterocycles. The summed E-state index contributed by atoms with van der Waals surface area (Å²) >= 11 is 0. The average Bonchev–Trinajstić information content (AvgIpc) is 1.90. The summed E-state index contributed by atoms with van der Waals surface area (Å²) in [6, 6.07) is 0. The van der Waals surface area contributed by atoms with Crippen LogP contribution in [0.2, 0.25) is 0 Å². The molecular formula is C8H9+. The molecule has 0 N–H and O–H groups in total. The van der Waals surface area contributed by atoms with Gasteiger partial charge in [-0.2, -0.15) is 0 Å². The third-order valence-electron chi connectivity index (χ3n) is 1.16. The fraction of sp³-hybridized carbons (Fsp3) is 0.250. The lowest BCUT2D eigenvalue weighted by Crippen LogP contribution is -1.75. The van der Waals surface area contributed by atoms with Crippen LogP contribution >= 0.6 is 0 Å². The second-order valence-electron chi connectivity index (χ2n) is 1.75. The van der Waals surface area contributed by atoms with Crippen molar-refractivity contribution in [1.29, 1.82) is 0 Å². The van der Waals surface area contributed by atoms with E-state index in [9.17, 15) is 0 Å². The molecule has 0 saturated carbocycles. The molecule has 1 aliphatic rings. The molecule has 40 valence electrons. The van der Waals surface area contributed by atoms with Crippen LogP contribution in [0.25, 0.3) is 0 Å². The molecule has 0 amide bonds. The van der Waals surface area contributed by atoms with Gasteiger partial charge < -0.3 is 0 Å². The van der Waals surface area contributed by atoms with Crippen molar-refractivity contribution in [2.45, 2.75) is 13.3 Å². The van der Waals surface area contributed by atoms with Crippen molar-refractivity contribution in [2.24, 2.45) is 0 Å². The van der Waals surface area contributed by atoms with Crippen LogP contribution in [0.5, 0.6) is 0 Å². The molecule has 0 bridgehead atoms. The Hall–Kier alpha value is -0.870. The Kier molecular flexibility index (Phi) is 1.61. The van der Waals surface area contributed by atoms with E-state index in [1.807, 2.05) is 6.92 Å². The van der Waals surface area contributed by atoms with Crippen molar-refractivity contribution in [1.82, 2.24) is 0 Å². The molecule has 0 unspecified atom stereocenters. The minimum Gasteiger partial charge on any atom is -0.0216 e. The van der Waals surface area contributed by atoms with Crippen LogP contribution in [-0.2, 0) is 0 Å². The van der Waals surface area contributed by atoms with Gasteiger partial charge in [0.2, 0.25) is 0 Å². The summed E-state index contributed by atoms with van der Waals surface area (Å²) < 4.78 is 0. The quantitative estimate of drug-likeness (QED) is 0.414. The van der Waals surface area contributed by atoms with Crippen LogP contribution in [-0.4, -0.2) is 0 Å². The molecule has 0 atom stereocenters. The van der Waals surface area contributed by atoms with Crippen molar-refractivity contribution in [3.05, 3.63) is 36.0 Å². The third kappa shape index (κ3) is 1.05. The van der Waals surface area contributed by atoms with E-state index in [4.69, 9.17) is 0 Å². The zero-order valence-electron chi connectivity index (χ0n) is 5.02. The minimum atomic E-state index is 1.07. The summed E-state index contributed by atoms with van der Waals surface area (Å²) in [5.74, 6) is 0. The van der Waals surface area contributed by atoms with E-state index < -0.39 is 0 Å². The van der Waals surface area contributed by atoms with Crippen LogP contribution in [0, 0.1) is 6.08 Å². The van der Waals surface area contributed by atoms with Gasteiger partial charge in [-0.15, -0.1) is 0 Å². The zero-order chi connectivity index (χ0) is 5.82. The third-order valence-corrected chi connectivity index (χ3v) is 1.16. The molecule has 0 saturated heterocycles. The van der Waals surface area contributed by atoms with Gasteiger partial charge in [0, 0.05) is 19.4 Å². The summed E-state index contributed by atoms with van der Waals surface area (Å²) in [6.07, 6.45) is 12.5. The van der Waals surface area contributed by atoms with Crippen LogP contribution in [0.1, 0.15) is 13.3 Å². The van der Waals surface area contributed by atoms with Gasteiger partial charge in [-0.1, -0.05) is 0 Å². The van der Waals surface area contributed by atoms with E-state index in [2.05, 4.69) is 30.4 Å². The Balaban J connectivity index is 2.69. The van der Waals surface area contributed by atoms with E-state index in [1.54, 1.807) is 0 Å². The van der Waals surface area contributed by atoms with Gasteiger partial charge in [-0.3, -0.25) is 0 Å². The summed E-state index contributed by atoms with van der Waals surface area (Å²) in [7, 11) is 0. The van der Waals surface area contributed by atoms with Gasteiger partial charge in [0.25, 0.3) is 0 Å². The summed E-state index contributed by atoms with van der Waals surface area (Å²) in [5.41, 5.74) is 1.19. The van der Waals surface area contributed by atoms with E-state index in [0.717, 1.165) is 6.42 Å². The maximum Gasteiger partial charge on any atom is 0.182 e. The highest BCUT2D eigenvalue weighted by molar-refractivity contribution is 5.31. The van der Waals surface area contributed by atoms with Gasteiger partial charge >= 0.3 is 0 Å². The van der Waals surface area contributed by atoms with Crippen molar-refractivity contribution in [3.63, 3.8) is 0 Å². The smallest absolute Gasteiger partial charge is 0.0216 e. The van der Waals surface area contributed by atoms with Crippen molar-refractivity contribution < 1.29 is 0 Å². The van der Waals surface area contributed by atoms with Crippen LogP contribution in [0.3, 0.4) is 0 Å². The maximum absolute atomic E-state index is 3.05. The Bertz CT molecular complexity index is 133. The highest BCUT2D eigenvalue weighted by Gasteiger charge is 1.97. The predicted molar refractivity (Wildman–Crippen MR) is 35.3 cm³/mol. The fourth-order valence-electron chi connectivity index (χ4n) is 0.691. The van der Waals surface area contributed by atoms with Crippen molar-refractivity contribution >= 4 is 0 Å². The Labute approximate surface area is 50.2 Å². The first-order chi connectivity index (χ1) is 3.93. The number of hydrogen-bond acceptors (Lipinski definition) is 0.